The number of carbonyl (C=O) groups is 2. The minimum atomic E-state index is -0.494. The number of benzene rings is 2. The van der Waals surface area contributed by atoms with Crippen LogP contribution in [0.4, 0.5) is 5.69 Å². The summed E-state index contributed by atoms with van der Waals surface area (Å²) < 4.78 is 1.78. The highest BCUT2D eigenvalue weighted by molar-refractivity contribution is 7.99. The second-order valence-electron chi connectivity index (χ2n) is 7.03. The molecule has 0 aliphatic rings. The molecular weight excluding hydrogens is 540 g/mol. The van der Waals surface area contributed by atoms with E-state index in [4.69, 9.17) is 46.4 Å². The predicted molar refractivity (Wildman–Crippen MR) is 138 cm³/mol. The highest BCUT2D eigenvalue weighted by Gasteiger charge is 2.21. The third-order valence-corrected chi connectivity index (χ3v) is 6.76. The van der Waals surface area contributed by atoms with Crippen LogP contribution in [-0.4, -0.2) is 32.3 Å². The van der Waals surface area contributed by atoms with E-state index in [1.807, 2.05) is 0 Å². The van der Waals surface area contributed by atoms with Gasteiger partial charge in [0.1, 0.15) is 0 Å². The summed E-state index contributed by atoms with van der Waals surface area (Å²) in [4.78, 5) is 25.1. The van der Waals surface area contributed by atoms with Crippen LogP contribution in [0.2, 0.25) is 20.1 Å². The summed E-state index contributed by atoms with van der Waals surface area (Å²) in [6.45, 7) is 5.93. The number of rotatable bonds is 9. The first-order chi connectivity index (χ1) is 16.2. The molecule has 0 saturated heterocycles. The smallest absolute Gasteiger partial charge is 0.253 e. The van der Waals surface area contributed by atoms with Crippen molar-refractivity contribution in [1.82, 2.24) is 20.1 Å². The summed E-state index contributed by atoms with van der Waals surface area (Å²) in [5.74, 6) is -0.0449. The Morgan fingerprint density at radius 2 is 1.85 bits per heavy atom. The Labute approximate surface area is 220 Å². The van der Waals surface area contributed by atoms with E-state index in [0.717, 1.165) is 0 Å². The van der Waals surface area contributed by atoms with Crippen molar-refractivity contribution in [3.8, 4) is 0 Å². The first-order valence-electron chi connectivity index (χ1n) is 9.87. The molecule has 2 aromatic carbocycles. The van der Waals surface area contributed by atoms with Gasteiger partial charge in [-0.15, -0.1) is 16.8 Å². The van der Waals surface area contributed by atoms with Gasteiger partial charge in [0.15, 0.2) is 11.0 Å². The molecule has 1 aromatic heterocycles. The number of carbonyl (C=O) groups excluding carboxylic acids is 2. The molecule has 1 heterocycles. The van der Waals surface area contributed by atoms with Gasteiger partial charge >= 0.3 is 0 Å². The third-order valence-electron chi connectivity index (χ3n) is 4.50. The highest BCUT2D eigenvalue weighted by atomic mass is 35.5. The molecule has 0 bridgehead atoms. The standard InChI is InChI=1S/C22H19Cl4N5O2S/c1-3-8-31-20(12(2)27-21(33)15-6-4-13(23)9-17(15)25)29-30-22(31)34-11-19(32)28-14-5-7-16(24)18(26)10-14/h3-7,9-10,12H,1,8,11H2,2H3,(H,27,33)(H,28,32)/t12-/m0/s1. The van der Waals surface area contributed by atoms with Crippen molar-refractivity contribution in [3.05, 3.63) is 80.5 Å². The van der Waals surface area contributed by atoms with Crippen LogP contribution in [0.3, 0.4) is 0 Å². The molecule has 12 heteroatoms. The predicted octanol–water partition coefficient (Wildman–Crippen LogP) is 6.30. The Hall–Kier alpha value is -2.23. The minimum absolute atomic E-state index is 0.0800. The van der Waals surface area contributed by atoms with Gasteiger partial charge in [-0.3, -0.25) is 9.59 Å². The molecule has 0 fully saturated rings. The van der Waals surface area contributed by atoms with E-state index in [1.54, 1.807) is 47.9 Å². The van der Waals surface area contributed by atoms with Gasteiger partial charge in [-0.25, -0.2) is 0 Å². The molecule has 3 aromatic rings. The van der Waals surface area contributed by atoms with Crippen molar-refractivity contribution < 1.29 is 9.59 Å². The van der Waals surface area contributed by atoms with E-state index in [9.17, 15) is 9.59 Å². The maximum Gasteiger partial charge on any atom is 0.253 e. The SMILES string of the molecule is C=CCn1c(SCC(=O)Nc2ccc(Cl)c(Cl)c2)nnc1[C@H](C)NC(=O)c1ccc(Cl)cc1Cl. The molecule has 0 aliphatic heterocycles. The number of hydrogen-bond acceptors (Lipinski definition) is 5. The summed E-state index contributed by atoms with van der Waals surface area (Å²) in [6, 6.07) is 8.98. The van der Waals surface area contributed by atoms with Gasteiger partial charge in [0.05, 0.1) is 32.4 Å². The molecule has 0 saturated carbocycles. The zero-order valence-electron chi connectivity index (χ0n) is 17.8. The number of nitrogens with zero attached hydrogens (tertiary/aromatic N) is 3. The number of thioether (sulfide) groups is 1. The Bertz CT molecular complexity index is 1230. The average molecular weight is 559 g/mol. The summed E-state index contributed by atoms with van der Waals surface area (Å²) >= 11 is 25.1. The van der Waals surface area contributed by atoms with E-state index in [1.165, 1.54) is 17.8 Å². The molecule has 0 spiro atoms. The van der Waals surface area contributed by atoms with E-state index >= 15 is 0 Å². The fourth-order valence-electron chi connectivity index (χ4n) is 2.94. The molecule has 178 valence electrons. The zero-order chi connectivity index (χ0) is 24.8. The van der Waals surface area contributed by atoms with Crippen molar-refractivity contribution in [2.24, 2.45) is 0 Å². The second kappa shape index (κ2) is 12.0. The van der Waals surface area contributed by atoms with Crippen LogP contribution in [0.25, 0.3) is 0 Å². The number of amides is 2. The lowest BCUT2D eigenvalue weighted by atomic mass is 10.2. The van der Waals surface area contributed by atoms with Crippen molar-refractivity contribution in [2.75, 3.05) is 11.1 Å². The Balaban J connectivity index is 1.68. The monoisotopic (exact) mass is 557 g/mol. The number of allylic oxidation sites excluding steroid dienone is 1. The average Bonchev–Trinajstić information content (AvgIpc) is 3.17. The van der Waals surface area contributed by atoms with E-state index in [2.05, 4.69) is 27.4 Å². The van der Waals surface area contributed by atoms with Gasteiger partial charge in [-0.05, 0) is 43.3 Å². The van der Waals surface area contributed by atoms with Gasteiger partial charge in [-0.1, -0.05) is 64.2 Å². The molecule has 7 nitrogen and oxygen atoms in total. The molecule has 3 rings (SSSR count). The van der Waals surface area contributed by atoms with E-state index < -0.39 is 6.04 Å². The first kappa shape index (κ1) is 26.4. The van der Waals surface area contributed by atoms with Crippen LogP contribution in [0.5, 0.6) is 0 Å². The van der Waals surface area contributed by atoms with Gasteiger partial charge in [0, 0.05) is 17.3 Å². The number of aromatic nitrogens is 3. The first-order valence-corrected chi connectivity index (χ1v) is 12.4. The lowest BCUT2D eigenvalue weighted by molar-refractivity contribution is -0.113. The molecule has 0 radical (unpaired) electrons. The largest absolute Gasteiger partial charge is 0.342 e. The number of anilines is 1. The summed E-state index contributed by atoms with van der Waals surface area (Å²) in [6.07, 6.45) is 1.68. The third kappa shape index (κ3) is 6.67. The summed E-state index contributed by atoms with van der Waals surface area (Å²) in [5, 5.41) is 15.9. The van der Waals surface area contributed by atoms with Crippen LogP contribution in [0.15, 0.2) is 54.2 Å². The summed E-state index contributed by atoms with van der Waals surface area (Å²) in [7, 11) is 0. The number of hydrogen-bond donors (Lipinski definition) is 2. The lowest BCUT2D eigenvalue weighted by Crippen LogP contribution is -2.29. The maximum atomic E-state index is 12.7. The van der Waals surface area contributed by atoms with Crippen molar-refractivity contribution in [2.45, 2.75) is 24.7 Å². The van der Waals surface area contributed by atoms with Crippen molar-refractivity contribution >= 4 is 75.7 Å². The van der Waals surface area contributed by atoms with E-state index in [0.29, 0.717) is 43.8 Å². The van der Waals surface area contributed by atoms with Crippen LogP contribution in [0.1, 0.15) is 29.1 Å². The number of nitrogens with one attached hydrogen (secondary N) is 2. The lowest BCUT2D eigenvalue weighted by Gasteiger charge is -2.16. The Morgan fingerprint density at radius 1 is 1.09 bits per heavy atom. The maximum absolute atomic E-state index is 12.7. The zero-order valence-corrected chi connectivity index (χ0v) is 21.7. The van der Waals surface area contributed by atoms with Crippen molar-refractivity contribution in [3.63, 3.8) is 0 Å². The van der Waals surface area contributed by atoms with Crippen LogP contribution in [-0.2, 0) is 11.3 Å². The molecular formula is C22H19Cl4N5O2S. The fraction of sp³-hybridized carbons (Fsp3) is 0.182. The summed E-state index contributed by atoms with van der Waals surface area (Å²) in [5.41, 5.74) is 0.826. The van der Waals surface area contributed by atoms with Crippen LogP contribution in [0, 0.1) is 0 Å². The highest BCUT2D eigenvalue weighted by Crippen LogP contribution is 2.26. The van der Waals surface area contributed by atoms with E-state index in [-0.39, 0.29) is 22.6 Å². The molecule has 2 N–H and O–H groups in total. The van der Waals surface area contributed by atoms with Crippen LogP contribution < -0.4 is 10.6 Å². The topological polar surface area (TPSA) is 88.9 Å². The van der Waals surface area contributed by atoms with Crippen LogP contribution >= 0.6 is 58.2 Å². The second-order valence-corrected chi connectivity index (χ2v) is 9.63. The number of halogens is 4. The molecule has 1 atom stereocenters. The van der Waals surface area contributed by atoms with Gasteiger partial charge in [-0.2, -0.15) is 0 Å². The van der Waals surface area contributed by atoms with Crippen molar-refractivity contribution in [1.29, 1.82) is 0 Å². The minimum Gasteiger partial charge on any atom is -0.342 e. The van der Waals surface area contributed by atoms with Gasteiger partial charge in [0.25, 0.3) is 5.91 Å². The molecule has 34 heavy (non-hydrogen) atoms. The quantitative estimate of drug-likeness (QED) is 0.237. The fourth-order valence-corrected chi connectivity index (χ4v) is 4.49. The van der Waals surface area contributed by atoms with Gasteiger partial charge < -0.3 is 15.2 Å². The normalized spacial score (nSPS) is 11.7. The Kier molecular flexibility index (Phi) is 9.27. The Morgan fingerprint density at radius 3 is 2.53 bits per heavy atom. The van der Waals surface area contributed by atoms with Gasteiger partial charge in [0.2, 0.25) is 5.91 Å². The molecule has 0 unspecified atom stereocenters. The molecule has 2 amide bonds. The molecule has 0 aliphatic carbocycles.